The van der Waals surface area contributed by atoms with Crippen LogP contribution >= 0.6 is 0 Å². The predicted octanol–water partition coefficient (Wildman–Crippen LogP) is 1.25. The van der Waals surface area contributed by atoms with Crippen molar-refractivity contribution >= 4 is 34.7 Å². The number of hydrogen-bond donors (Lipinski definition) is 3. The maximum Gasteiger partial charge on any atom is 0.325 e. The van der Waals surface area contributed by atoms with Gasteiger partial charge in [0.1, 0.15) is 12.1 Å². The SMILES string of the molecule is CCn1c(NNC(=O)CN2C(=O)N[C@@]3(CCc4ccccc43)C2=O)nc2ccccc2c1=O. The number of carbonyl (C=O) groups is 3. The van der Waals surface area contributed by atoms with Crippen molar-refractivity contribution in [2.24, 2.45) is 0 Å². The average Bonchev–Trinajstić information content (AvgIpc) is 3.31. The molecule has 1 fully saturated rings. The molecule has 2 aliphatic rings. The number of aromatic nitrogens is 2. The summed E-state index contributed by atoms with van der Waals surface area (Å²) in [6.07, 6.45) is 1.13. The van der Waals surface area contributed by atoms with Crippen LogP contribution in [0.5, 0.6) is 0 Å². The zero-order chi connectivity index (χ0) is 23.2. The highest BCUT2D eigenvalue weighted by atomic mass is 16.2. The largest absolute Gasteiger partial charge is 0.325 e. The summed E-state index contributed by atoms with van der Waals surface area (Å²) < 4.78 is 1.39. The lowest BCUT2D eigenvalue weighted by molar-refractivity contribution is -0.135. The Morgan fingerprint density at radius 3 is 2.70 bits per heavy atom. The van der Waals surface area contributed by atoms with Gasteiger partial charge in [0.2, 0.25) is 5.95 Å². The summed E-state index contributed by atoms with van der Waals surface area (Å²) in [4.78, 5) is 56.4. The molecule has 1 aliphatic heterocycles. The summed E-state index contributed by atoms with van der Waals surface area (Å²) in [6.45, 7) is 1.66. The summed E-state index contributed by atoms with van der Waals surface area (Å²) in [7, 11) is 0. The molecule has 2 aromatic carbocycles. The van der Waals surface area contributed by atoms with E-state index in [1.165, 1.54) is 4.57 Å². The average molecular weight is 446 g/mol. The standard InChI is InChI=1S/C23H22N6O4/c1-2-28-19(31)15-8-4-6-10-17(15)24-21(28)27-26-18(30)13-29-20(32)23(25-22(29)33)12-11-14-7-3-5-9-16(14)23/h3-10H,2,11-13H2,1H3,(H,24,27)(H,25,33)(H,26,30)/t23-/m1/s1. The molecule has 33 heavy (non-hydrogen) atoms. The number of fused-ring (bicyclic) bond motifs is 3. The molecule has 1 atom stereocenters. The van der Waals surface area contributed by atoms with Crippen LogP contribution in [-0.4, -0.2) is 38.8 Å². The molecule has 10 heteroatoms. The van der Waals surface area contributed by atoms with E-state index < -0.39 is 29.9 Å². The maximum atomic E-state index is 13.2. The summed E-state index contributed by atoms with van der Waals surface area (Å²) in [6, 6.07) is 13.8. The number of nitrogens with one attached hydrogen (secondary N) is 3. The molecule has 0 bridgehead atoms. The molecule has 168 valence electrons. The zero-order valence-electron chi connectivity index (χ0n) is 17.9. The molecule has 1 spiro atoms. The first kappa shape index (κ1) is 20.7. The van der Waals surface area contributed by atoms with Crippen LogP contribution < -0.4 is 21.7 Å². The Morgan fingerprint density at radius 2 is 1.88 bits per heavy atom. The van der Waals surface area contributed by atoms with Crippen LogP contribution in [0.1, 0.15) is 24.5 Å². The molecule has 3 aromatic rings. The first-order chi connectivity index (χ1) is 15.9. The van der Waals surface area contributed by atoms with E-state index in [1.54, 1.807) is 31.2 Å². The molecule has 1 aromatic heterocycles. The quantitative estimate of drug-likeness (QED) is 0.400. The normalized spacial score (nSPS) is 19.1. The third-order valence-electron chi connectivity index (χ3n) is 6.22. The van der Waals surface area contributed by atoms with E-state index in [-0.39, 0.29) is 11.5 Å². The lowest BCUT2D eigenvalue weighted by atomic mass is 9.92. The van der Waals surface area contributed by atoms with Gasteiger partial charge in [0.15, 0.2) is 0 Å². The first-order valence-corrected chi connectivity index (χ1v) is 10.7. The molecule has 5 rings (SSSR count). The minimum Gasteiger partial charge on any atom is -0.319 e. The molecule has 1 aliphatic carbocycles. The molecule has 2 heterocycles. The van der Waals surface area contributed by atoms with Gasteiger partial charge in [0.05, 0.1) is 10.9 Å². The van der Waals surface area contributed by atoms with Crippen molar-refractivity contribution in [2.75, 3.05) is 12.0 Å². The molecule has 0 unspecified atom stereocenters. The predicted molar refractivity (Wildman–Crippen MR) is 120 cm³/mol. The topological polar surface area (TPSA) is 125 Å². The summed E-state index contributed by atoms with van der Waals surface area (Å²) >= 11 is 0. The lowest BCUT2D eigenvalue weighted by Crippen LogP contribution is -2.45. The number of imide groups is 1. The molecule has 3 N–H and O–H groups in total. The third-order valence-corrected chi connectivity index (χ3v) is 6.22. The number of hydrogen-bond acceptors (Lipinski definition) is 6. The van der Waals surface area contributed by atoms with E-state index in [2.05, 4.69) is 21.2 Å². The van der Waals surface area contributed by atoms with Gasteiger partial charge in [-0.3, -0.25) is 34.7 Å². The van der Waals surface area contributed by atoms with Crippen LogP contribution in [0.15, 0.2) is 53.3 Å². The van der Waals surface area contributed by atoms with Gasteiger partial charge in [0.25, 0.3) is 17.4 Å². The maximum absolute atomic E-state index is 13.2. The number of rotatable bonds is 5. The molecule has 1 saturated heterocycles. The van der Waals surface area contributed by atoms with Gasteiger partial charge in [-0.15, -0.1) is 0 Å². The van der Waals surface area contributed by atoms with E-state index in [0.29, 0.717) is 30.3 Å². The number of urea groups is 1. The number of aryl methyl sites for hydroxylation is 1. The zero-order valence-corrected chi connectivity index (χ0v) is 17.9. The van der Waals surface area contributed by atoms with Crippen molar-refractivity contribution in [3.63, 3.8) is 0 Å². The van der Waals surface area contributed by atoms with Crippen LogP contribution in [0.4, 0.5) is 10.7 Å². The monoisotopic (exact) mass is 446 g/mol. The van der Waals surface area contributed by atoms with Crippen molar-refractivity contribution in [3.8, 4) is 0 Å². The number of anilines is 1. The van der Waals surface area contributed by atoms with Gasteiger partial charge in [-0.2, -0.15) is 0 Å². The highest BCUT2D eigenvalue weighted by Gasteiger charge is 2.55. The van der Waals surface area contributed by atoms with Gasteiger partial charge >= 0.3 is 6.03 Å². The Labute approximate surface area is 188 Å². The van der Waals surface area contributed by atoms with Crippen LogP contribution in [0.3, 0.4) is 0 Å². The van der Waals surface area contributed by atoms with Crippen LogP contribution in [0.2, 0.25) is 0 Å². The van der Waals surface area contributed by atoms with Gasteiger partial charge < -0.3 is 5.32 Å². The molecule has 4 amide bonds. The minimum atomic E-state index is -1.12. The fourth-order valence-electron chi connectivity index (χ4n) is 4.60. The van der Waals surface area contributed by atoms with E-state index in [9.17, 15) is 19.2 Å². The minimum absolute atomic E-state index is 0.160. The Kier molecular flexibility index (Phi) is 4.85. The second-order valence-electron chi connectivity index (χ2n) is 8.06. The van der Waals surface area contributed by atoms with Crippen molar-refractivity contribution in [1.29, 1.82) is 0 Å². The van der Waals surface area contributed by atoms with E-state index in [1.807, 2.05) is 24.3 Å². The van der Waals surface area contributed by atoms with Crippen molar-refractivity contribution in [1.82, 2.24) is 25.2 Å². The molecular formula is C23H22N6O4. The number of hydrazine groups is 1. The fraction of sp³-hybridized carbons (Fsp3) is 0.261. The summed E-state index contributed by atoms with van der Waals surface area (Å²) in [5, 5.41) is 3.26. The second kappa shape index (κ2) is 7.73. The first-order valence-electron chi connectivity index (χ1n) is 10.7. The number of carbonyl (C=O) groups excluding carboxylic acids is 3. The highest BCUT2D eigenvalue weighted by Crippen LogP contribution is 2.41. The van der Waals surface area contributed by atoms with E-state index >= 15 is 0 Å². The second-order valence-corrected chi connectivity index (χ2v) is 8.06. The van der Waals surface area contributed by atoms with Gasteiger partial charge in [0, 0.05) is 6.54 Å². The number of amides is 4. The van der Waals surface area contributed by atoms with Crippen LogP contribution in [-0.2, 0) is 28.1 Å². The molecule has 0 saturated carbocycles. The Hall–Kier alpha value is -4.21. The Morgan fingerprint density at radius 1 is 1.12 bits per heavy atom. The number of benzene rings is 2. The lowest BCUT2D eigenvalue weighted by Gasteiger charge is -2.22. The Balaban J connectivity index is 1.32. The van der Waals surface area contributed by atoms with Crippen LogP contribution in [0, 0.1) is 0 Å². The summed E-state index contributed by atoms with van der Waals surface area (Å²) in [5.74, 6) is -0.901. The Bertz CT molecular complexity index is 1370. The van der Waals surface area contributed by atoms with E-state index in [4.69, 9.17) is 0 Å². The highest BCUT2D eigenvalue weighted by molar-refractivity contribution is 6.10. The number of nitrogens with zero attached hydrogens (tertiary/aromatic N) is 3. The van der Waals surface area contributed by atoms with Gasteiger partial charge in [-0.25, -0.2) is 9.78 Å². The number of para-hydroxylation sites is 1. The van der Waals surface area contributed by atoms with Crippen molar-refractivity contribution in [3.05, 3.63) is 70.0 Å². The van der Waals surface area contributed by atoms with Crippen molar-refractivity contribution in [2.45, 2.75) is 31.8 Å². The summed E-state index contributed by atoms with van der Waals surface area (Å²) in [5.41, 5.74) is 6.02. The van der Waals surface area contributed by atoms with Crippen LogP contribution in [0.25, 0.3) is 10.9 Å². The fourth-order valence-corrected chi connectivity index (χ4v) is 4.60. The molecule has 0 radical (unpaired) electrons. The molecular weight excluding hydrogens is 424 g/mol. The molecule has 10 nitrogen and oxygen atoms in total. The van der Waals surface area contributed by atoms with Gasteiger partial charge in [-0.05, 0) is 43.0 Å². The van der Waals surface area contributed by atoms with E-state index in [0.717, 1.165) is 16.0 Å². The third kappa shape index (κ3) is 3.22. The smallest absolute Gasteiger partial charge is 0.319 e. The van der Waals surface area contributed by atoms with Gasteiger partial charge in [-0.1, -0.05) is 36.4 Å². The van der Waals surface area contributed by atoms with Crippen molar-refractivity contribution < 1.29 is 14.4 Å².